The lowest BCUT2D eigenvalue weighted by Gasteiger charge is -2.29. The highest BCUT2D eigenvalue weighted by atomic mass is 35.5. The van der Waals surface area contributed by atoms with E-state index in [1.165, 1.54) is 6.42 Å². The fraction of sp³-hybridized carbons (Fsp3) is 0.917. The third-order valence-electron chi connectivity index (χ3n) is 3.67. The zero-order valence-corrected chi connectivity index (χ0v) is 11.0. The molecule has 2 fully saturated rings. The van der Waals surface area contributed by atoms with Gasteiger partial charge in [0.15, 0.2) is 0 Å². The Balaban J connectivity index is 0.00000144. The molecule has 0 aromatic carbocycles. The topological polar surface area (TPSA) is 61.4 Å². The Bertz CT molecular complexity index is 237. The van der Waals surface area contributed by atoms with Crippen LogP contribution in [0.25, 0.3) is 0 Å². The van der Waals surface area contributed by atoms with Crippen LogP contribution in [0.2, 0.25) is 0 Å². The fourth-order valence-electron chi connectivity index (χ4n) is 2.60. The second kappa shape index (κ2) is 7.19. The molecule has 3 N–H and O–H groups in total. The molecule has 1 aliphatic heterocycles. The second-order valence-corrected chi connectivity index (χ2v) is 5.02. The van der Waals surface area contributed by atoms with Crippen molar-refractivity contribution >= 4 is 18.3 Å². The molecule has 2 aliphatic rings. The van der Waals surface area contributed by atoms with Crippen molar-refractivity contribution < 1.29 is 9.90 Å². The van der Waals surface area contributed by atoms with Crippen molar-refractivity contribution in [3.63, 3.8) is 0 Å². The maximum absolute atomic E-state index is 11.9. The summed E-state index contributed by atoms with van der Waals surface area (Å²) >= 11 is 0. The van der Waals surface area contributed by atoms with Gasteiger partial charge in [0.25, 0.3) is 0 Å². The summed E-state index contributed by atoms with van der Waals surface area (Å²) in [5.41, 5.74) is 0. The van der Waals surface area contributed by atoms with Crippen molar-refractivity contribution in [2.45, 2.75) is 63.1 Å². The molecule has 17 heavy (non-hydrogen) atoms. The van der Waals surface area contributed by atoms with E-state index in [0.29, 0.717) is 0 Å². The zero-order chi connectivity index (χ0) is 11.4. The van der Waals surface area contributed by atoms with Crippen LogP contribution in [0.3, 0.4) is 0 Å². The van der Waals surface area contributed by atoms with Gasteiger partial charge in [-0.2, -0.15) is 0 Å². The van der Waals surface area contributed by atoms with E-state index in [2.05, 4.69) is 10.6 Å². The van der Waals surface area contributed by atoms with E-state index in [0.717, 1.165) is 45.1 Å². The van der Waals surface area contributed by atoms with Crippen molar-refractivity contribution in [1.82, 2.24) is 10.6 Å². The highest BCUT2D eigenvalue weighted by Gasteiger charge is 2.25. The summed E-state index contributed by atoms with van der Waals surface area (Å²) in [6.07, 6.45) is 6.61. The van der Waals surface area contributed by atoms with E-state index in [1.807, 2.05) is 0 Å². The van der Waals surface area contributed by atoms with Gasteiger partial charge in [-0.15, -0.1) is 12.4 Å². The van der Waals surface area contributed by atoms with E-state index in [1.54, 1.807) is 0 Å². The molecular weight excluding hydrogens is 240 g/mol. The molecule has 4 nitrogen and oxygen atoms in total. The first-order valence-electron chi connectivity index (χ1n) is 6.47. The Morgan fingerprint density at radius 1 is 1.12 bits per heavy atom. The summed E-state index contributed by atoms with van der Waals surface area (Å²) in [5, 5.41) is 15.7. The van der Waals surface area contributed by atoms with Crippen LogP contribution in [0.1, 0.15) is 44.9 Å². The Hall–Kier alpha value is -0.320. The number of aliphatic hydroxyl groups excluding tert-OH is 1. The SMILES string of the molecule is Cl.O=C(NC1CCC(O)CC1)[C@@H]1CCCCN1. The molecule has 1 saturated heterocycles. The number of carbonyl (C=O) groups is 1. The smallest absolute Gasteiger partial charge is 0.237 e. The quantitative estimate of drug-likeness (QED) is 0.695. The van der Waals surface area contributed by atoms with Crippen molar-refractivity contribution in [3.05, 3.63) is 0 Å². The molecule has 2 rings (SSSR count). The summed E-state index contributed by atoms with van der Waals surface area (Å²) < 4.78 is 0. The number of nitrogens with one attached hydrogen (secondary N) is 2. The van der Waals surface area contributed by atoms with Crippen LogP contribution in [0.4, 0.5) is 0 Å². The van der Waals surface area contributed by atoms with Gasteiger partial charge in [-0.3, -0.25) is 4.79 Å². The average molecular weight is 263 g/mol. The minimum atomic E-state index is -0.152. The number of aliphatic hydroxyl groups is 1. The van der Waals surface area contributed by atoms with Gasteiger partial charge < -0.3 is 15.7 Å². The van der Waals surface area contributed by atoms with Crippen LogP contribution in [-0.2, 0) is 4.79 Å². The predicted octanol–water partition coefficient (Wildman–Crippen LogP) is 0.970. The normalized spacial score (nSPS) is 33.6. The minimum absolute atomic E-state index is 0. The largest absolute Gasteiger partial charge is 0.393 e. The number of halogens is 1. The van der Waals surface area contributed by atoms with Gasteiger partial charge in [0.1, 0.15) is 0 Å². The molecule has 1 aliphatic carbocycles. The van der Waals surface area contributed by atoms with Crippen LogP contribution in [0.15, 0.2) is 0 Å². The van der Waals surface area contributed by atoms with E-state index in [-0.39, 0.29) is 36.5 Å². The molecule has 1 amide bonds. The molecular formula is C12H23ClN2O2. The third kappa shape index (κ3) is 4.45. The highest BCUT2D eigenvalue weighted by Crippen LogP contribution is 2.18. The number of rotatable bonds is 2. The molecule has 0 bridgehead atoms. The van der Waals surface area contributed by atoms with Crippen LogP contribution in [0, 0.1) is 0 Å². The second-order valence-electron chi connectivity index (χ2n) is 5.02. The average Bonchev–Trinajstić information content (AvgIpc) is 2.33. The lowest BCUT2D eigenvalue weighted by Crippen LogP contribution is -2.50. The van der Waals surface area contributed by atoms with E-state index in [4.69, 9.17) is 0 Å². The molecule has 0 radical (unpaired) electrons. The number of hydrogen-bond donors (Lipinski definition) is 3. The molecule has 100 valence electrons. The highest BCUT2D eigenvalue weighted by molar-refractivity contribution is 5.85. The Kier molecular flexibility index (Phi) is 6.23. The van der Waals surface area contributed by atoms with Gasteiger partial charge in [-0.1, -0.05) is 6.42 Å². The Morgan fingerprint density at radius 3 is 2.41 bits per heavy atom. The molecule has 1 atom stereocenters. The van der Waals surface area contributed by atoms with Crippen LogP contribution in [0.5, 0.6) is 0 Å². The first-order valence-corrected chi connectivity index (χ1v) is 6.47. The number of amides is 1. The number of hydrogen-bond acceptors (Lipinski definition) is 3. The van der Waals surface area contributed by atoms with Gasteiger partial charge >= 0.3 is 0 Å². The predicted molar refractivity (Wildman–Crippen MR) is 69.3 cm³/mol. The third-order valence-corrected chi connectivity index (χ3v) is 3.67. The molecule has 1 saturated carbocycles. The summed E-state index contributed by atoms with van der Waals surface area (Å²) in [5.74, 6) is 0.154. The Morgan fingerprint density at radius 2 is 1.82 bits per heavy atom. The van der Waals surface area contributed by atoms with Gasteiger partial charge in [-0.25, -0.2) is 0 Å². The molecule has 5 heteroatoms. The number of piperidine rings is 1. The maximum atomic E-state index is 11.9. The molecule has 0 unspecified atom stereocenters. The molecule has 1 heterocycles. The van der Waals surface area contributed by atoms with Crippen LogP contribution >= 0.6 is 12.4 Å². The lowest BCUT2D eigenvalue weighted by molar-refractivity contribution is -0.124. The zero-order valence-electron chi connectivity index (χ0n) is 10.2. The molecule has 0 aromatic rings. The first-order chi connectivity index (χ1) is 7.75. The van der Waals surface area contributed by atoms with Crippen molar-refractivity contribution in [2.75, 3.05) is 6.54 Å². The fourth-order valence-corrected chi connectivity index (χ4v) is 2.60. The van der Waals surface area contributed by atoms with Crippen LogP contribution < -0.4 is 10.6 Å². The van der Waals surface area contributed by atoms with Gasteiger partial charge in [0, 0.05) is 6.04 Å². The van der Waals surface area contributed by atoms with Crippen molar-refractivity contribution in [3.8, 4) is 0 Å². The summed E-state index contributed by atoms with van der Waals surface area (Å²) in [4.78, 5) is 11.9. The van der Waals surface area contributed by atoms with Gasteiger partial charge in [-0.05, 0) is 45.1 Å². The van der Waals surface area contributed by atoms with E-state index >= 15 is 0 Å². The summed E-state index contributed by atoms with van der Waals surface area (Å²) in [6.45, 7) is 0.960. The summed E-state index contributed by atoms with van der Waals surface area (Å²) in [7, 11) is 0. The van der Waals surface area contributed by atoms with E-state index < -0.39 is 0 Å². The minimum Gasteiger partial charge on any atom is -0.393 e. The van der Waals surface area contributed by atoms with Crippen molar-refractivity contribution in [1.29, 1.82) is 0 Å². The first kappa shape index (κ1) is 14.7. The number of carbonyl (C=O) groups excluding carboxylic acids is 1. The Labute approximate surface area is 109 Å². The van der Waals surface area contributed by atoms with Gasteiger partial charge in [0.2, 0.25) is 5.91 Å². The standard InChI is InChI=1S/C12H22N2O2.ClH/c15-10-6-4-9(5-7-10)14-12(16)11-3-1-2-8-13-11;/h9-11,13,15H,1-8H2,(H,14,16);1H/t9?,10?,11-;/m0./s1. The van der Waals surface area contributed by atoms with Crippen LogP contribution in [-0.4, -0.2) is 35.7 Å². The molecule has 0 aromatic heterocycles. The molecule has 0 spiro atoms. The van der Waals surface area contributed by atoms with Gasteiger partial charge in [0.05, 0.1) is 12.1 Å². The lowest BCUT2D eigenvalue weighted by atomic mass is 9.92. The monoisotopic (exact) mass is 262 g/mol. The van der Waals surface area contributed by atoms with Crippen molar-refractivity contribution in [2.24, 2.45) is 0 Å². The summed E-state index contributed by atoms with van der Waals surface area (Å²) in [6, 6.07) is 0.292. The maximum Gasteiger partial charge on any atom is 0.237 e. The van der Waals surface area contributed by atoms with E-state index in [9.17, 15) is 9.90 Å².